The number of aryl methyl sites for hydroxylation is 2. The molecule has 4 aromatic rings. The van der Waals surface area contributed by atoms with Crippen molar-refractivity contribution in [3.05, 3.63) is 77.2 Å². The number of nitrogens with one attached hydrogen (secondary N) is 1. The second-order valence-corrected chi connectivity index (χ2v) is 9.75. The van der Waals surface area contributed by atoms with Crippen LogP contribution in [0.3, 0.4) is 0 Å². The molecule has 0 saturated carbocycles. The van der Waals surface area contributed by atoms with Gasteiger partial charge in [0.1, 0.15) is 0 Å². The fraction of sp³-hybridized carbons (Fsp3) is 0.321. The van der Waals surface area contributed by atoms with Crippen molar-refractivity contribution in [1.29, 1.82) is 0 Å². The van der Waals surface area contributed by atoms with Crippen LogP contribution in [0.1, 0.15) is 35.2 Å². The number of hydrogen-bond acceptors (Lipinski definition) is 4. The lowest BCUT2D eigenvalue weighted by molar-refractivity contribution is 0.152. The summed E-state index contributed by atoms with van der Waals surface area (Å²) in [4.78, 5) is 16.3. The van der Waals surface area contributed by atoms with Gasteiger partial charge in [-0.2, -0.15) is 5.10 Å². The van der Waals surface area contributed by atoms with E-state index in [2.05, 4.69) is 15.3 Å². The number of benzene rings is 2. The van der Waals surface area contributed by atoms with Gasteiger partial charge in [-0.1, -0.05) is 18.2 Å². The largest absolute Gasteiger partial charge is 0.341 e. The summed E-state index contributed by atoms with van der Waals surface area (Å²) in [6, 6.07) is 13.3. The van der Waals surface area contributed by atoms with E-state index in [1.165, 1.54) is 0 Å². The van der Waals surface area contributed by atoms with Gasteiger partial charge in [0.15, 0.2) is 5.82 Å². The Balaban J connectivity index is 1.50. The number of aromatic nitrogens is 4. The Labute approximate surface area is 219 Å². The number of rotatable bonds is 4. The number of urea groups is 1. The zero-order valence-electron chi connectivity index (χ0n) is 21.4. The Morgan fingerprint density at radius 1 is 1.11 bits per heavy atom. The molecule has 2 aliphatic heterocycles. The molecule has 6 rings (SSSR count). The van der Waals surface area contributed by atoms with Gasteiger partial charge in [-0.15, -0.1) is 5.10 Å². The van der Waals surface area contributed by atoms with Crippen molar-refractivity contribution in [1.82, 2.24) is 29.8 Å². The SMILES string of the molecule is CNC(=O)N1CCc2c(c(N3CCCc4cc(-c5cnn(C)c5)c(C(F)F)cc43)nn2-c2ccccc2)C1. The molecule has 10 heteroatoms. The van der Waals surface area contributed by atoms with Crippen LogP contribution in [0, 0.1) is 0 Å². The summed E-state index contributed by atoms with van der Waals surface area (Å²) in [7, 11) is 3.40. The molecule has 4 heterocycles. The summed E-state index contributed by atoms with van der Waals surface area (Å²) < 4.78 is 32.3. The molecule has 0 unspecified atom stereocenters. The van der Waals surface area contributed by atoms with Gasteiger partial charge in [0.25, 0.3) is 6.43 Å². The van der Waals surface area contributed by atoms with E-state index in [4.69, 9.17) is 5.10 Å². The molecule has 2 amide bonds. The Morgan fingerprint density at radius 3 is 2.63 bits per heavy atom. The first-order chi connectivity index (χ1) is 18.4. The van der Waals surface area contributed by atoms with Crippen LogP contribution in [-0.2, 0) is 26.4 Å². The molecule has 38 heavy (non-hydrogen) atoms. The Kier molecular flexibility index (Phi) is 6.09. The van der Waals surface area contributed by atoms with Gasteiger partial charge in [0.2, 0.25) is 0 Å². The van der Waals surface area contributed by atoms with E-state index in [1.54, 1.807) is 42.1 Å². The predicted octanol–water partition coefficient (Wildman–Crippen LogP) is 4.99. The maximum Gasteiger partial charge on any atom is 0.317 e. The molecular weight excluding hydrogens is 488 g/mol. The van der Waals surface area contributed by atoms with Crippen LogP contribution < -0.4 is 10.2 Å². The van der Waals surface area contributed by atoms with Gasteiger partial charge < -0.3 is 15.1 Å². The number of carbonyl (C=O) groups excluding carboxylic acids is 1. The van der Waals surface area contributed by atoms with Crippen LogP contribution >= 0.6 is 0 Å². The van der Waals surface area contributed by atoms with E-state index in [1.807, 2.05) is 41.1 Å². The molecule has 2 aliphatic rings. The number of nitrogens with zero attached hydrogens (tertiary/aromatic N) is 6. The molecule has 2 aromatic carbocycles. The summed E-state index contributed by atoms with van der Waals surface area (Å²) in [5.41, 5.74) is 5.84. The van der Waals surface area contributed by atoms with Crippen LogP contribution in [-0.4, -0.2) is 50.6 Å². The fourth-order valence-electron chi connectivity index (χ4n) is 5.59. The third-order valence-corrected chi connectivity index (χ3v) is 7.41. The maximum atomic E-state index is 14.4. The average molecular weight is 518 g/mol. The highest BCUT2D eigenvalue weighted by Gasteiger charge is 2.33. The van der Waals surface area contributed by atoms with Crippen LogP contribution in [0.5, 0.6) is 0 Å². The summed E-state index contributed by atoms with van der Waals surface area (Å²) in [5, 5.41) is 12.0. The second-order valence-electron chi connectivity index (χ2n) is 9.75. The molecular formula is C28H29F2N7O. The molecule has 196 valence electrons. The first-order valence-corrected chi connectivity index (χ1v) is 12.8. The van der Waals surface area contributed by atoms with E-state index >= 15 is 0 Å². The minimum Gasteiger partial charge on any atom is -0.341 e. The van der Waals surface area contributed by atoms with E-state index in [0.29, 0.717) is 43.0 Å². The zero-order chi connectivity index (χ0) is 26.4. The minimum atomic E-state index is -2.64. The lowest BCUT2D eigenvalue weighted by Crippen LogP contribution is -2.41. The van der Waals surface area contributed by atoms with Crippen molar-refractivity contribution < 1.29 is 13.6 Å². The number of amides is 2. The summed E-state index contributed by atoms with van der Waals surface area (Å²) in [6.07, 6.45) is 3.04. The van der Waals surface area contributed by atoms with Crippen molar-refractivity contribution in [2.24, 2.45) is 7.05 Å². The van der Waals surface area contributed by atoms with Crippen LogP contribution in [0.25, 0.3) is 16.8 Å². The molecule has 0 aliphatic carbocycles. The van der Waals surface area contributed by atoms with Crippen molar-refractivity contribution in [2.75, 3.05) is 25.0 Å². The number of carbonyl (C=O) groups is 1. The topological polar surface area (TPSA) is 71.2 Å². The van der Waals surface area contributed by atoms with Gasteiger partial charge in [-0.05, 0) is 48.2 Å². The average Bonchev–Trinajstić information content (AvgIpc) is 3.55. The molecule has 0 radical (unpaired) electrons. The smallest absolute Gasteiger partial charge is 0.317 e. The highest BCUT2D eigenvalue weighted by atomic mass is 19.3. The highest BCUT2D eigenvalue weighted by molar-refractivity contribution is 5.78. The summed E-state index contributed by atoms with van der Waals surface area (Å²) >= 11 is 0. The van der Waals surface area contributed by atoms with Gasteiger partial charge in [0.05, 0.1) is 24.1 Å². The molecule has 0 fully saturated rings. The summed E-state index contributed by atoms with van der Waals surface area (Å²) in [6.45, 7) is 1.63. The number of halogens is 2. The van der Waals surface area contributed by atoms with Crippen molar-refractivity contribution in [3.8, 4) is 16.8 Å². The van der Waals surface area contributed by atoms with Gasteiger partial charge in [-0.3, -0.25) is 4.68 Å². The lowest BCUT2D eigenvalue weighted by Gasteiger charge is -2.33. The third-order valence-electron chi connectivity index (χ3n) is 7.41. The van der Waals surface area contributed by atoms with Crippen molar-refractivity contribution in [3.63, 3.8) is 0 Å². The minimum absolute atomic E-state index is 0.0213. The fourth-order valence-corrected chi connectivity index (χ4v) is 5.59. The van der Waals surface area contributed by atoms with Gasteiger partial charge >= 0.3 is 6.03 Å². The second kappa shape index (κ2) is 9.59. The normalized spacial score (nSPS) is 15.0. The zero-order valence-corrected chi connectivity index (χ0v) is 21.4. The lowest BCUT2D eigenvalue weighted by atomic mass is 9.92. The molecule has 1 N–H and O–H groups in total. The van der Waals surface area contributed by atoms with E-state index < -0.39 is 6.43 Å². The summed E-state index contributed by atoms with van der Waals surface area (Å²) in [5.74, 6) is 0.716. The van der Waals surface area contributed by atoms with Crippen LogP contribution in [0.4, 0.5) is 25.1 Å². The first kappa shape index (κ1) is 24.1. The van der Waals surface area contributed by atoms with Crippen molar-refractivity contribution in [2.45, 2.75) is 32.2 Å². The Hall–Kier alpha value is -4.21. The molecule has 0 bridgehead atoms. The monoisotopic (exact) mass is 517 g/mol. The Bertz CT molecular complexity index is 1490. The van der Waals surface area contributed by atoms with E-state index in [-0.39, 0.29) is 11.6 Å². The molecule has 0 atom stereocenters. The number of fused-ring (bicyclic) bond motifs is 2. The third kappa shape index (κ3) is 4.09. The predicted molar refractivity (Wildman–Crippen MR) is 141 cm³/mol. The Morgan fingerprint density at radius 2 is 1.92 bits per heavy atom. The number of hydrogen-bond donors (Lipinski definition) is 1. The maximum absolute atomic E-state index is 14.4. The number of alkyl halides is 2. The van der Waals surface area contributed by atoms with Gasteiger partial charge in [-0.25, -0.2) is 18.3 Å². The van der Waals surface area contributed by atoms with Crippen LogP contribution in [0.2, 0.25) is 0 Å². The molecule has 2 aromatic heterocycles. The van der Waals surface area contributed by atoms with E-state index in [9.17, 15) is 13.6 Å². The highest BCUT2D eigenvalue weighted by Crippen LogP contribution is 2.43. The van der Waals surface area contributed by atoms with Crippen LogP contribution in [0.15, 0.2) is 54.9 Å². The number of para-hydroxylation sites is 1. The van der Waals surface area contributed by atoms with Crippen molar-refractivity contribution >= 4 is 17.5 Å². The van der Waals surface area contributed by atoms with Gasteiger partial charge in [0, 0.05) is 62.2 Å². The standard InChI is InChI=1S/C28H29F2N7O/c1-31-28(38)35-12-10-24-23(17-35)27(33-37(24)20-8-4-3-5-9-20)36-11-6-7-18-13-21(19-15-32-34(2)16-19)22(26(29)30)14-25(18)36/h3-5,8-9,13-16,26H,6-7,10-12,17H2,1-2H3,(H,31,38). The number of anilines is 2. The molecule has 0 saturated heterocycles. The first-order valence-electron chi connectivity index (χ1n) is 12.8. The quantitative estimate of drug-likeness (QED) is 0.414. The molecule has 0 spiro atoms. The molecule has 8 nitrogen and oxygen atoms in total. The van der Waals surface area contributed by atoms with E-state index in [0.717, 1.165) is 41.0 Å².